The predicted molar refractivity (Wildman–Crippen MR) is 85.5 cm³/mol. The minimum Gasteiger partial charge on any atom is -0.396 e. The number of hydrogen-bond acceptors (Lipinski definition) is 3. The standard InChI is InChI=1S/C13H11BrClFN2O2S/c1-7-4-10(16)11(17)6-13(7)21(19,20)18-12-3-2-8(15)5-9(12)14/h2-6,18H,17H2,1H3. The zero-order valence-corrected chi connectivity index (χ0v) is 14.0. The van der Waals surface area contributed by atoms with Crippen LogP contribution in [0.25, 0.3) is 0 Å². The van der Waals surface area contributed by atoms with Gasteiger partial charge in [-0.2, -0.15) is 0 Å². The molecule has 2 rings (SSSR count). The number of hydrogen-bond donors (Lipinski definition) is 2. The van der Waals surface area contributed by atoms with Crippen LogP contribution in [0.15, 0.2) is 39.7 Å². The molecule has 0 spiro atoms. The molecule has 0 saturated carbocycles. The average molecular weight is 394 g/mol. The van der Waals surface area contributed by atoms with E-state index in [2.05, 4.69) is 20.7 Å². The van der Waals surface area contributed by atoms with Gasteiger partial charge in [-0.05, 0) is 58.7 Å². The lowest BCUT2D eigenvalue weighted by atomic mass is 10.2. The molecular weight excluding hydrogens is 383 g/mol. The fourth-order valence-electron chi connectivity index (χ4n) is 1.73. The SMILES string of the molecule is Cc1cc(F)c(N)cc1S(=O)(=O)Nc1ccc(Cl)cc1Br. The van der Waals surface area contributed by atoms with Gasteiger partial charge in [0, 0.05) is 9.50 Å². The molecule has 0 aliphatic carbocycles. The first kappa shape index (κ1) is 16.1. The monoisotopic (exact) mass is 392 g/mol. The van der Waals surface area contributed by atoms with Crippen molar-refractivity contribution in [3.63, 3.8) is 0 Å². The molecular formula is C13H11BrClFN2O2S. The van der Waals surface area contributed by atoms with Crippen molar-refractivity contribution in [1.29, 1.82) is 0 Å². The van der Waals surface area contributed by atoms with E-state index in [-0.39, 0.29) is 16.1 Å². The predicted octanol–water partition coefficient (Wildman–Crippen LogP) is 3.93. The minimum atomic E-state index is -3.89. The van der Waals surface area contributed by atoms with Crippen molar-refractivity contribution in [2.75, 3.05) is 10.5 Å². The van der Waals surface area contributed by atoms with Gasteiger partial charge in [-0.3, -0.25) is 4.72 Å². The van der Waals surface area contributed by atoms with Crippen LogP contribution in [0.3, 0.4) is 0 Å². The number of nitrogen functional groups attached to an aromatic ring is 1. The van der Waals surface area contributed by atoms with E-state index in [1.807, 2.05) is 0 Å². The second-order valence-electron chi connectivity index (χ2n) is 4.37. The molecule has 0 bridgehead atoms. The first-order chi connectivity index (χ1) is 9.70. The number of anilines is 2. The Kier molecular flexibility index (Phi) is 4.46. The Balaban J connectivity index is 2.46. The Bertz CT molecular complexity index is 812. The molecule has 0 fully saturated rings. The van der Waals surface area contributed by atoms with Crippen molar-refractivity contribution in [3.8, 4) is 0 Å². The number of benzene rings is 2. The highest BCUT2D eigenvalue weighted by Crippen LogP contribution is 2.29. The molecule has 0 saturated heterocycles. The van der Waals surface area contributed by atoms with E-state index in [1.165, 1.54) is 13.0 Å². The van der Waals surface area contributed by atoms with Crippen LogP contribution >= 0.6 is 27.5 Å². The minimum absolute atomic E-state index is 0.0803. The van der Waals surface area contributed by atoms with Crippen LogP contribution in [0.2, 0.25) is 5.02 Å². The number of sulfonamides is 1. The van der Waals surface area contributed by atoms with Crippen LogP contribution in [0, 0.1) is 12.7 Å². The zero-order chi connectivity index (χ0) is 15.8. The lowest BCUT2D eigenvalue weighted by Crippen LogP contribution is -2.15. The Morgan fingerprint density at radius 2 is 1.95 bits per heavy atom. The molecule has 2 aromatic rings. The number of nitrogens with two attached hydrogens (primary N) is 1. The summed E-state index contributed by atoms with van der Waals surface area (Å²) < 4.78 is 41.0. The molecule has 0 amide bonds. The molecule has 0 atom stereocenters. The highest BCUT2D eigenvalue weighted by atomic mass is 79.9. The van der Waals surface area contributed by atoms with Gasteiger partial charge in [0.25, 0.3) is 10.0 Å². The Morgan fingerprint density at radius 1 is 1.29 bits per heavy atom. The summed E-state index contributed by atoms with van der Waals surface area (Å²) in [5.41, 5.74) is 5.79. The second-order valence-corrected chi connectivity index (χ2v) is 7.31. The number of halogens is 3. The van der Waals surface area contributed by atoms with Gasteiger partial charge in [-0.25, -0.2) is 12.8 Å². The van der Waals surface area contributed by atoms with Crippen molar-refractivity contribution in [2.24, 2.45) is 0 Å². The number of aryl methyl sites for hydroxylation is 1. The quantitative estimate of drug-likeness (QED) is 0.776. The molecule has 0 unspecified atom stereocenters. The third-order valence-electron chi connectivity index (χ3n) is 2.76. The van der Waals surface area contributed by atoms with Crippen molar-refractivity contribution >= 4 is 48.9 Å². The van der Waals surface area contributed by atoms with Crippen molar-refractivity contribution in [2.45, 2.75) is 11.8 Å². The summed E-state index contributed by atoms with van der Waals surface area (Å²) in [4.78, 5) is -0.0803. The zero-order valence-electron chi connectivity index (χ0n) is 10.8. The highest BCUT2D eigenvalue weighted by molar-refractivity contribution is 9.10. The smallest absolute Gasteiger partial charge is 0.262 e. The fraction of sp³-hybridized carbons (Fsp3) is 0.0769. The molecule has 0 heterocycles. The normalized spacial score (nSPS) is 11.4. The fourth-order valence-corrected chi connectivity index (χ4v) is 3.99. The molecule has 21 heavy (non-hydrogen) atoms. The molecule has 8 heteroatoms. The maximum Gasteiger partial charge on any atom is 0.262 e. The van der Waals surface area contributed by atoms with Crippen LogP contribution in [0.4, 0.5) is 15.8 Å². The van der Waals surface area contributed by atoms with Gasteiger partial charge in [0.15, 0.2) is 0 Å². The van der Waals surface area contributed by atoms with Crippen molar-refractivity contribution in [3.05, 3.63) is 51.2 Å². The molecule has 112 valence electrons. The van der Waals surface area contributed by atoms with Crippen LogP contribution in [-0.4, -0.2) is 8.42 Å². The van der Waals surface area contributed by atoms with E-state index in [1.54, 1.807) is 12.1 Å². The largest absolute Gasteiger partial charge is 0.396 e. The number of rotatable bonds is 3. The van der Waals surface area contributed by atoms with E-state index in [4.69, 9.17) is 17.3 Å². The maximum atomic E-state index is 13.3. The first-order valence-corrected chi connectivity index (χ1v) is 8.39. The van der Waals surface area contributed by atoms with Gasteiger partial charge in [-0.1, -0.05) is 11.6 Å². The lowest BCUT2D eigenvalue weighted by Gasteiger charge is -2.13. The summed E-state index contributed by atoms with van der Waals surface area (Å²) in [6, 6.07) is 6.81. The van der Waals surface area contributed by atoms with Crippen LogP contribution in [-0.2, 0) is 10.0 Å². The Morgan fingerprint density at radius 3 is 2.57 bits per heavy atom. The molecule has 2 aromatic carbocycles. The molecule has 0 aliphatic heterocycles. The van der Waals surface area contributed by atoms with Gasteiger partial charge in [0.2, 0.25) is 0 Å². The third kappa shape index (κ3) is 3.48. The summed E-state index contributed by atoms with van der Waals surface area (Å²) in [7, 11) is -3.89. The van der Waals surface area contributed by atoms with Crippen molar-refractivity contribution < 1.29 is 12.8 Å². The van der Waals surface area contributed by atoms with E-state index in [0.717, 1.165) is 12.1 Å². The molecule has 0 aliphatic rings. The molecule has 0 radical (unpaired) electrons. The molecule has 0 aromatic heterocycles. The first-order valence-electron chi connectivity index (χ1n) is 5.74. The van der Waals surface area contributed by atoms with Gasteiger partial charge in [0.05, 0.1) is 16.3 Å². The topological polar surface area (TPSA) is 72.2 Å². The summed E-state index contributed by atoms with van der Waals surface area (Å²) >= 11 is 9.02. The van der Waals surface area contributed by atoms with Gasteiger partial charge < -0.3 is 5.73 Å². The van der Waals surface area contributed by atoms with E-state index >= 15 is 0 Å². The summed E-state index contributed by atoms with van der Waals surface area (Å²) in [6.45, 7) is 1.49. The van der Waals surface area contributed by atoms with Crippen LogP contribution < -0.4 is 10.5 Å². The van der Waals surface area contributed by atoms with Gasteiger partial charge in [-0.15, -0.1) is 0 Å². The summed E-state index contributed by atoms with van der Waals surface area (Å²) in [5.74, 6) is -0.654. The number of nitrogens with one attached hydrogen (secondary N) is 1. The van der Waals surface area contributed by atoms with Gasteiger partial charge >= 0.3 is 0 Å². The summed E-state index contributed by atoms with van der Waals surface area (Å²) in [6.07, 6.45) is 0. The molecule has 4 nitrogen and oxygen atoms in total. The average Bonchev–Trinajstić information content (AvgIpc) is 2.37. The highest BCUT2D eigenvalue weighted by Gasteiger charge is 2.20. The maximum absolute atomic E-state index is 13.3. The van der Waals surface area contributed by atoms with E-state index in [0.29, 0.717) is 15.2 Å². The summed E-state index contributed by atoms with van der Waals surface area (Å²) in [5, 5.41) is 0.465. The van der Waals surface area contributed by atoms with E-state index < -0.39 is 15.8 Å². The molecule has 3 N–H and O–H groups in total. The lowest BCUT2D eigenvalue weighted by molar-refractivity contribution is 0.599. The third-order valence-corrected chi connectivity index (χ3v) is 5.16. The van der Waals surface area contributed by atoms with Crippen molar-refractivity contribution in [1.82, 2.24) is 0 Å². The van der Waals surface area contributed by atoms with Gasteiger partial charge in [0.1, 0.15) is 5.82 Å². The van der Waals surface area contributed by atoms with E-state index in [9.17, 15) is 12.8 Å². The Labute approximate surface area is 135 Å². The van der Waals surface area contributed by atoms with Crippen LogP contribution in [0.1, 0.15) is 5.56 Å². The Hall–Kier alpha value is -1.31. The van der Waals surface area contributed by atoms with Crippen LogP contribution in [0.5, 0.6) is 0 Å². The second kappa shape index (κ2) is 5.82.